The summed E-state index contributed by atoms with van der Waals surface area (Å²) in [5, 5.41) is 15.5. The first kappa shape index (κ1) is 15.2. The van der Waals surface area contributed by atoms with Crippen LogP contribution in [-0.4, -0.2) is 22.1 Å². The highest BCUT2D eigenvalue weighted by atomic mass is 79.9. The van der Waals surface area contributed by atoms with Crippen LogP contribution in [0.25, 0.3) is 0 Å². The zero-order valence-electron chi connectivity index (χ0n) is 11.4. The molecule has 0 aliphatic rings. The van der Waals surface area contributed by atoms with E-state index in [-0.39, 0.29) is 23.6 Å². The highest BCUT2D eigenvalue weighted by Crippen LogP contribution is 2.27. The Morgan fingerprint density at radius 1 is 1.38 bits per heavy atom. The van der Waals surface area contributed by atoms with Gasteiger partial charge in [0.25, 0.3) is 0 Å². The number of amides is 1. The number of rotatable bonds is 4. The molecule has 1 heterocycles. The van der Waals surface area contributed by atoms with Crippen molar-refractivity contribution in [2.45, 2.75) is 20.3 Å². The third kappa shape index (κ3) is 3.30. The zero-order valence-corrected chi connectivity index (χ0v) is 13.0. The normalized spacial score (nSPS) is 10.4. The second kappa shape index (κ2) is 6.09. The number of carbonyl (C=O) groups excluding carboxylic acids is 1. The van der Waals surface area contributed by atoms with Gasteiger partial charge in [-0.1, -0.05) is 11.2 Å². The third-order valence-electron chi connectivity index (χ3n) is 3.03. The minimum absolute atomic E-state index is 0.0245. The van der Waals surface area contributed by atoms with E-state index in [4.69, 9.17) is 9.63 Å². The number of carboxylic acid groups (broad SMARTS) is 1. The molecule has 2 N–H and O–H groups in total. The van der Waals surface area contributed by atoms with Gasteiger partial charge in [-0.2, -0.15) is 0 Å². The number of aromatic nitrogens is 1. The van der Waals surface area contributed by atoms with Gasteiger partial charge in [0, 0.05) is 10.0 Å². The number of halogens is 1. The highest BCUT2D eigenvalue weighted by molar-refractivity contribution is 9.10. The van der Waals surface area contributed by atoms with Crippen molar-refractivity contribution in [3.8, 4) is 0 Å². The topological polar surface area (TPSA) is 92.4 Å². The Morgan fingerprint density at radius 3 is 2.67 bits per heavy atom. The summed E-state index contributed by atoms with van der Waals surface area (Å²) in [7, 11) is 0. The molecule has 1 aromatic heterocycles. The van der Waals surface area contributed by atoms with Crippen LogP contribution in [0.2, 0.25) is 0 Å². The van der Waals surface area contributed by atoms with E-state index in [9.17, 15) is 9.59 Å². The molecule has 0 spiro atoms. The van der Waals surface area contributed by atoms with E-state index < -0.39 is 5.97 Å². The van der Waals surface area contributed by atoms with Gasteiger partial charge in [0.05, 0.1) is 23.4 Å². The molecular formula is C14H13BrN2O4. The van der Waals surface area contributed by atoms with E-state index in [1.165, 1.54) is 6.07 Å². The van der Waals surface area contributed by atoms with Crippen LogP contribution < -0.4 is 5.32 Å². The number of anilines is 1. The quantitative estimate of drug-likeness (QED) is 0.882. The summed E-state index contributed by atoms with van der Waals surface area (Å²) >= 11 is 3.24. The summed E-state index contributed by atoms with van der Waals surface area (Å²) in [5.74, 6) is -0.865. The number of carbonyl (C=O) groups is 2. The van der Waals surface area contributed by atoms with Gasteiger partial charge in [0.15, 0.2) is 0 Å². The fraction of sp³-hybridized carbons (Fsp3) is 0.214. The van der Waals surface area contributed by atoms with E-state index in [0.717, 1.165) is 0 Å². The van der Waals surface area contributed by atoms with Crippen molar-refractivity contribution in [2.24, 2.45) is 0 Å². The average molecular weight is 353 g/mol. The van der Waals surface area contributed by atoms with E-state index >= 15 is 0 Å². The Labute approximate surface area is 129 Å². The van der Waals surface area contributed by atoms with Gasteiger partial charge < -0.3 is 14.9 Å². The maximum absolute atomic E-state index is 12.1. The molecule has 0 fully saturated rings. The molecule has 0 unspecified atom stereocenters. The molecule has 110 valence electrons. The van der Waals surface area contributed by atoms with Gasteiger partial charge in [-0.3, -0.25) is 4.79 Å². The molecule has 2 rings (SSSR count). The van der Waals surface area contributed by atoms with Gasteiger partial charge in [0.2, 0.25) is 5.91 Å². The molecule has 0 aliphatic heterocycles. The molecule has 0 atom stereocenters. The van der Waals surface area contributed by atoms with Gasteiger partial charge in [-0.15, -0.1) is 0 Å². The van der Waals surface area contributed by atoms with E-state index in [0.29, 0.717) is 21.5 Å². The Kier molecular flexibility index (Phi) is 4.42. The van der Waals surface area contributed by atoms with Gasteiger partial charge in [-0.05, 0) is 41.9 Å². The van der Waals surface area contributed by atoms with Gasteiger partial charge >= 0.3 is 5.97 Å². The van der Waals surface area contributed by atoms with Crippen LogP contribution in [0.3, 0.4) is 0 Å². The maximum atomic E-state index is 12.1. The molecule has 1 amide bonds. The van der Waals surface area contributed by atoms with Crippen LogP contribution in [0.4, 0.5) is 5.69 Å². The number of para-hydroxylation sites is 1. The van der Waals surface area contributed by atoms with Crippen molar-refractivity contribution in [1.29, 1.82) is 0 Å². The van der Waals surface area contributed by atoms with Crippen LogP contribution in [0.15, 0.2) is 27.2 Å². The lowest BCUT2D eigenvalue weighted by molar-refractivity contribution is -0.115. The first-order valence-corrected chi connectivity index (χ1v) is 6.93. The minimum atomic E-state index is -1.11. The van der Waals surface area contributed by atoms with Crippen LogP contribution >= 0.6 is 15.9 Å². The van der Waals surface area contributed by atoms with Crippen molar-refractivity contribution in [1.82, 2.24) is 5.16 Å². The van der Waals surface area contributed by atoms with E-state index in [2.05, 4.69) is 26.4 Å². The van der Waals surface area contributed by atoms with Gasteiger partial charge in [0.1, 0.15) is 5.76 Å². The SMILES string of the molecule is Cc1noc(C)c1CC(=O)Nc1c(Br)cccc1C(=O)O. The molecule has 7 heteroatoms. The highest BCUT2D eigenvalue weighted by Gasteiger charge is 2.18. The smallest absolute Gasteiger partial charge is 0.337 e. The molecule has 0 aliphatic carbocycles. The zero-order chi connectivity index (χ0) is 15.6. The first-order chi connectivity index (χ1) is 9.90. The fourth-order valence-corrected chi connectivity index (χ4v) is 2.39. The van der Waals surface area contributed by atoms with Crippen LogP contribution in [-0.2, 0) is 11.2 Å². The summed E-state index contributed by atoms with van der Waals surface area (Å²) in [4.78, 5) is 23.3. The third-order valence-corrected chi connectivity index (χ3v) is 3.69. The molecule has 0 saturated carbocycles. The second-order valence-electron chi connectivity index (χ2n) is 4.50. The Hall–Kier alpha value is -2.15. The van der Waals surface area contributed by atoms with Gasteiger partial charge in [-0.25, -0.2) is 4.79 Å². The minimum Gasteiger partial charge on any atom is -0.478 e. The predicted molar refractivity (Wildman–Crippen MR) is 79.4 cm³/mol. The Bertz CT molecular complexity index is 689. The lowest BCUT2D eigenvalue weighted by Gasteiger charge is -2.10. The predicted octanol–water partition coefficient (Wildman–Crippen LogP) is 2.93. The van der Waals surface area contributed by atoms with Crippen molar-refractivity contribution in [3.63, 3.8) is 0 Å². The lowest BCUT2D eigenvalue weighted by Crippen LogP contribution is -2.17. The van der Waals surface area contributed by atoms with E-state index in [1.807, 2.05) is 0 Å². The Balaban J connectivity index is 2.23. The largest absolute Gasteiger partial charge is 0.478 e. The molecule has 6 nitrogen and oxygen atoms in total. The molecule has 21 heavy (non-hydrogen) atoms. The molecular weight excluding hydrogens is 340 g/mol. The summed E-state index contributed by atoms with van der Waals surface area (Å²) in [6.07, 6.45) is 0.0710. The summed E-state index contributed by atoms with van der Waals surface area (Å²) in [6, 6.07) is 4.69. The number of carboxylic acids is 1. The van der Waals surface area contributed by atoms with Crippen LogP contribution in [0, 0.1) is 13.8 Å². The summed E-state index contributed by atoms with van der Waals surface area (Å²) in [6.45, 7) is 3.48. The number of aromatic carboxylic acids is 1. The number of nitrogens with one attached hydrogen (secondary N) is 1. The molecule has 0 bridgehead atoms. The fourth-order valence-electron chi connectivity index (χ4n) is 1.93. The summed E-state index contributed by atoms with van der Waals surface area (Å²) < 4.78 is 5.51. The molecule has 0 radical (unpaired) electrons. The molecule has 0 saturated heterocycles. The number of hydrogen-bond donors (Lipinski definition) is 2. The Morgan fingerprint density at radius 2 is 2.10 bits per heavy atom. The van der Waals surface area contributed by atoms with Crippen molar-refractivity contribution in [3.05, 3.63) is 45.3 Å². The number of benzene rings is 1. The van der Waals surface area contributed by atoms with Crippen molar-refractivity contribution >= 4 is 33.5 Å². The monoisotopic (exact) mass is 352 g/mol. The number of aryl methyl sites for hydroxylation is 2. The standard InChI is InChI=1S/C14H13BrN2O4/c1-7-10(8(2)21-17-7)6-12(18)16-13-9(14(19)20)4-3-5-11(13)15/h3-5H,6H2,1-2H3,(H,16,18)(H,19,20). The number of hydrogen-bond acceptors (Lipinski definition) is 4. The van der Waals surface area contributed by atoms with Crippen LogP contribution in [0.1, 0.15) is 27.4 Å². The average Bonchev–Trinajstić information content (AvgIpc) is 2.72. The lowest BCUT2D eigenvalue weighted by atomic mass is 10.1. The van der Waals surface area contributed by atoms with E-state index in [1.54, 1.807) is 26.0 Å². The van der Waals surface area contributed by atoms with Crippen molar-refractivity contribution < 1.29 is 19.2 Å². The first-order valence-electron chi connectivity index (χ1n) is 6.13. The maximum Gasteiger partial charge on any atom is 0.337 e. The molecule has 2 aromatic rings. The van der Waals surface area contributed by atoms with Crippen molar-refractivity contribution in [2.75, 3.05) is 5.32 Å². The molecule has 1 aromatic carbocycles. The second-order valence-corrected chi connectivity index (χ2v) is 5.35. The number of nitrogens with zero attached hydrogens (tertiary/aromatic N) is 1. The summed E-state index contributed by atoms with van der Waals surface area (Å²) in [5.41, 5.74) is 1.61. The van der Waals surface area contributed by atoms with Crippen LogP contribution in [0.5, 0.6) is 0 Å².